The summed E-state index contributed by atoms with van der Waals surface area (Å²) in [7, 11) is 0. The lowest BCUT2D eigenvalue weighted by Crippen LogP contribution is -2.48. The molecule has 4 rings (SSSR count). The Morgan fingerprint density at radius 2 is 1.74 bits per heavy atom. The molecule has 4 heteroatoms. The van der Waals surface area contributed by atoms with E-state index in [0.29, 0.717) is 0 Å². The van der Waals surface area contributed by atoms with Gasteiger partial charge in [-0.2, -0.15) is 0 Å². The first-order chi connectivity index (χ1) is 11.3. The van der Waals surface area contributed by atoms with Crippen molar-refractivity contribution >= 4 is 11.6 Å². The van der Waals surface area contributed by atoms with E-state index in [-0.39, 0.29) is 5.91 Å². The van der Waals surface area contributed by atoms with E-state index in [1.807, 2.05) is 29.2 Å². The standard InChI is InChI=1S/C19H20N2O2/c22-19(16-6-7-18-15(14-16)8-13-23-18)21-11-9-20(10-12-21)17-4-2-1-3-5-17/h1-7,14H,8-13H2. The molecular weight excluding hydrogens is 288 g/mol. The molecular formula is C19H20N2O2. The summed E-state index contributed by atoms with van der Waals surface area (Å²) in [5.41, 5.74) is 3.16. The summed E-state index contributed by atoms with van der Waals surface area (Å²) < 4.78 is 5.51. The van der Waals surface area contributed by atoms with Gasteiger partial charge in [0, 0.05) is 43.9 Å². The number of rotatable bonds is 2. The molecule has 23 heavy (non-hydrogen) atoms. The number of carbonyl (C=O) groups is 1. The van der Waals surface area contributed by atoms with Crippen LogP contribution in [-0.4, -0.2) is 43.6 Å². The van der Waals surface area contributed by atoms with Crippen LogP contribution in [0.1, 0.15) is 15.9 Å². The van der Waals surface area contributed by atoms with Gasteiger partial charge in [0.1, 0.15) is 5.75 Å². The van der Waals surface area contributed by atoms with Crippen molar-refractivity contribution in [3.05, 3.63) is 59.7 Å². The minimum atomic E-state index is 0.132. The van der Waals surface area contributed by atoms with E-state index in [4.69, 9.17) is 4.74 Å². The fraction of sp³-hybridized carbons (Fsp3) is 0.316. The Morgan fingerprint density at radius 1 is 0.957 bits per heavy atom. The highest BCUT2D eigenvalue weighted by Crippen LogP contribution is 2.26. The van der Waals surface area contributed by atoms with E-state index >= 15 is 0 Å². The molecule has 2 aliphatic rings. The van der Waals surface area contributed by atoms with Crippen LogP contribution in [0.15, 0.2) is 48.5 Å². The fourth-order valence-corrected chi connectivity index (χ4v) is 3.31. The van der Waals surface area contributed by atoms with Gasteiger partial charge < -0.3 is 14.5 Å². The zero-order valence-corrected chi connectivity index (χ0v) is 13.1. The van der Waals surface area contributed by atoms with Crippen molar-refractivity contribution in [1.29, 1.82) is 0 Å². The molecule has 1 saturated heterocycles. The monoisotopic (exact) mass is 308 g/mol. The molecule has 0 aromatic heterocycles. The average molecular weight is 308 g/mol. The van der Waals surface area contributed by atoms with Gasteiger partial charge in [-0.1, -0.05) is 18.2 Å². The van der Waals surface area contributed by atoms with Crippen LogP contribution in [0.4, 0.5) is 5.69 Å². The number of carbonyl (C=O) groups excluding carboxylic acids is 1. The maximum absolute atomic E-state index is 12.7. The second-order valence-electron chi connectivity index (χ2n) is 6.04. The number of amides is 1. The Balaban J connectivity index is 1.43. The average Bonchev–Trinajstić information content (AvgIpc) is 3.10. The first-order valence-corrected chi connectivity index (χ1v) is 8.16. The van der Waals surface area contributed by atoms with Crippen molar-refractivity contribution in [3.63, 3.8) is 0 Å². The van der Waals surface area contributed by atoms with Crippen LogP contribution in [0.3, 0.4) is 0 Å². The predicted molar refractivity (Wildman–Crippen MR) is 90.2 cm³/mol. The quantitative estimate of drug-likeness (QED) is 0.855. The first kappa shape index (κ1) is 14.1. The molecule has 0 bridgehead atoms. The predicted octanol–water partition coefficient (Wildman–Crippen LogP) is 2.58. The largest absolute Gasteiger partial charge is 0.493 e. The van der Waals surface area contributed by atoms with Gasteiger partial charge in [-0.15, -0.1) is 0 Å². The molecule has 2 heterocycles. The van der Waals surface area contributed by atoms with Crippen molar-refractivity contribution in [3.8, 4) is 5.75 Å². The van der Waals surface area contributed by atoms with Crippen molar-refractivity contribution in [2.24, 2.45) is 0 Å². The van der Waals surface area contributed by atoms with Gasteiger partial charge in [0.2, 0.25) is 0 Å². The molecule has 0 spiro atoms. The molecule has 2 aromatic carbocycles. The van der Waals surface area contributed by atoms with Crippen LogP contribution < -0.4 is 9.64 Å². The molecule has 4 nitrogen and oxygen atoms in total. The molecule has 0 saturated carbocycles. The molecule has 2 aromatic rings. The van der Waals surface area contributed by atoms with Crippen LogP contribution in [0.25, 0.3) is 0 Å². The number of piperazine rings is 1. The van der Waals surface area contributed by atoms with Crippen LogP contribution >= 0.6 is 0 Å². The summed E-state index contributed by atoms with van der Waals surface area (Å²) in [5, 5.41) is 0. The van der Waals surface area contributed by atoms with Crippen molar-refractivity contribution in [2.75, 3.05) is 37.7 Å². The number of hydrogen-bond donors (Lipinski definition) is 0. The number of para-hydroxylation sites is 1. The zero-order chi connectivity index (χ0) is 15.6. The summed E-state index contributed by atoms with van der Waals surface area (Å²) in [6, 6.07) is 16.2. The SMILES string of the molecule is O=C(c1ccc2c(c1)CCO2)N1CCN(c2ccccc2)CC1. The lowest BCUT2D eigenvalue weighted by atomic mass is 10.1. The summed E-state index contributed by atoms with van der Waals surface area (Å²) in [5.74, 6) is 1.06. The Bertz CT molecular complexity index is 707. The highest BCUT2D eigenvalue weighted by Gasteiger charge is 2.23. The highest BCUT2D eigenvalue weighted by atomic mass is 16.5. The molecule has 1 amide bonds. The maximum Gasteiger partial charge on any atom is 0.253 e. The van der Waals surface area contributed by atoms with Gasteiger partial charge in [0.25, 0.3) is 5.91 Å². The number of ether oxygens (including phenoxy) is 1. The normalized spacial score (nSPS) is 16.9. The summed E-state index contributed by atoms with van der Waals surface area (Å²) in [4.78, 5) is 17.0. The van der Waals surface area contributed by atoms with Crippen LogP contribution in [0.2, 0.25) is 0 Å². The van der Waals surface area contributed by atoms with E-state index in [1.54, 1.807) is 0 Å². The van der Waals surface area contributed by atoms with E-state index < -0.39 is 0 Å². The number of anilines is 1. The lowest BCUT2D eigenvalue weighted by molar-refractivity contribution is 0.0746. The number of benzene rings is 2. The Kier molecular flexibility index (Phi) is 3.66. The maximum atomic E-state index is 12.7. The third-order valence-corrected chi connectivity index (χ3v) is 4.62. The third-order valence-electron chi connectivity index (χ3n) is 4.62. The van der Waals surface area contributed by atoms with Gasteiger partial charge >= 0.3 is 0 Å². The summed E-state index contributed by atoms with van der Waals surface area (Å²) in [6.07, 6.45) is 0.901. The number of fused-ring (bicyclic) bond motifs is 1. The van der Waals surface area contributed by atoms with E-state index in [1.165, 1.54) is 5.69 Å². The summed E-state index contributed by atoms with van der Waals surface area (Å²) in [6.45, 7) is 4.01. The van der Waals surface area contributed by atoms with Gasteiger partial charge in [-0.05, 0) is 35.9 Å². The minimum Gasteiger partial charge on any atom is -0.493 e. The van der Waals surface area contributed by atoms with Gasteiger partial charge in [-0.3, -0.25) is 4.79 Å². The molecule has 0 radical (unpaired) electrons. The highest BCUT2D eigenvalue weighted by molar-refractivity contribution is 5.94. The Labute approximate surface area is 136 Å². The van der Waals surface area contributed by atoms with Gasteiger partial charge in [0.05, 0.1) is 6.61 Å². The van der Waals surface area contributed by atoms with Gasteiger partial charge in [0.15, 0.2) is 0 Å². The van der Waals surface area contributed by atoms with E-state index in [0.717, 1.165) is 56.1 Å². The molecule has 2 aliphatic heterocycles. The molecule has 0 N–H and O–H groups in total. The van der Waals surface area contributed by atoms with Crippen LogP contribution in [0.5, 0.6) is 5.75 Å². The smallest absolute Gasteiger partial charge is 0.253 e. The van der Waals surface area contributed by atoms with Crippen molar-refractivity contribution < 1.29 is 9.53 Å². The molecule has 0 aliphatic carbocycles. The minimum absolute atomic E-state index is 0.132. The molecule has 1 fully saturated rings. The topological polar surface area (TPSA) is 32.8 Å². The van der Waals surface area contributed by atoms with E-state index in [2.05, 4.69) is 29.2 Å². The summed E-state index contributed by atoms with van der Waals surface area (Å²) >= 11 is 0. The molecule has 0 atom stereocenters. The Morgan fingerprint density at radius 3 is 2.52 bits per heavy atom. The fourth-order valence-electron chi connectivity index (χ4n) is 3.31. The van der Waals surface area contributed by atoms with Crippen molar-refractivity contribution in [2.45, 2.75) is 6.42 Å². The zero-order valence-electron chi connectivity index (χ0n) is 13.1. The molecule has 0 unspecified atom stereocenters. The van der Waals surface area contributed by atoms with Gasteiger partial charge in [-0.25, -0.2) is 0 Å². The van der Waals surface area contributed by atoms with Crippen LogP contribution in [0, 0.1) is 0 Å². The third kappa shape index (κ3) is 2.77. The lowest BCUT2D eigenvalue weighted by Gasteiger charge is -2.36. The Hall–Kier alpha value is -2.49. The van der Waals surface area contributed by atoms with Crippen LogP contribution in [-0.2, 0) is 6.42 Å². The van der Waals surface area contributed by atoms with Crippen molar-refractivity contribution in [1.82, 2.24) is 4.90 Å². The second-order valence-corrected chi connectivity index (χ2v) is 6.04. The van der Waals surface area contributed by atoms with E-state index in [9.17, 15) is 4.79 Å². The number of nitrogens with zero attached hydrogens (tertiary/aromatic N) is 2. The molecule has 118 valence electrons. The second kappa shape index (κ2) is 5.95. The number of hydrogen-bond acceptors (Lipinski definition) is 3. The first-order valence-electron chi connectivity index (χ1n) is 8.16.